The molecule has 142 valence electrons. The number of rotatable bonds is 4. The molecule has 1 aliphatic heterocycles. The zero-order valence-electron chi connectivity index (χ0n) is 15.4. The van der Waals surface area contributed by atoms with Gasteiger partial charge in [0.15, 0.2) is 28.8 Å². The highest BCUT2D eigenvalue weighted by molar-refractivity contribution is 6.13. The van der Waals surface area contributed by atoms with Crippen molar-refractivity contribution in [2.45, 2.75) is 19.4 Å². The Kier molecular flexibility index (Phi) is 4.06. The lowest BCUT2D eigenvalue weighted by atomic mass is 10.1. The number of aliphatic imine (C=N–C) groups is 1. The van der Waals surface area contributed by atoms with Crippen molar-refractivity contribution in [1.82, 2.24) is 14.8 Å². The van der Waals surface area contributed by atoms with E-state index in [1.165, 1.54) is 12.3 Å². The average Bonchev–Trinajstić information content (AvgIpc) is 3.20. The second-order valence-electron chi connectivity index (χ2n) is 6.96. The van der Waals surface area contributed by atoms with Crippen LogP contribution in [0.3, 0.4) is 0 Å². The number of aromatic nitrogens is 3. The first kappa shape index (κ1) is 18.0. The summed E-state index contributed by atoms with van der Waals surface area (Å²) in [7, 11) is 1.77. The summed E-state index contributed by atoms with van der Waals surface area (Å²) in [5.41, 5.74) is 0.981. The first-order valence-electron chi connectivity index (χ1n) is 8.53. The van der Waals surface area contributed by atoms with Gasteiger partial charge >= 0.3 is 0 Å². The summed E-state index contributed by atoms with van der Waals surface area (Å²) in [6, 6.07) is 8.41. The Bertz CT molecular complexity index is 1140. The molecule has 0 N–H and O–H groups in total. The Balaban J connectivity index is 1.68. The van der Waals surface area contributed by atoms with E-state index in [-0.39, 0.29) is 11.7 Å². The number of hydrogen-bond donors (Lipinski definition) is 0. The third-order valence-corrected chi connectivity index (χ3v) is 4.53. The smallest absolute Gasteiger partial charge is 0.277 e. The molecule has 28 heavy (non-hydrogen) atoms. The SMILES string of the molecule is Cn1c(-c2ccc3c(c2)C=NC3=O)nnc1C(C)(C)Oc1ccc(F)cc1F. The van der Waals surface area contributed by atoms with Crippen LogP contribution in [-0.2, 0) is 12.6 Å². The molecule has 8 heteroatoms. The Morgan fingerprint density at radius 2 is 1.86 bits per heavy atom. The number of nitrogens with zero attached hydrogens (tertiary/aromatic N) is 4. The summed E-state index contributed by atoms with van der Waals surface area (Å²) in [5, 5.41) is 8.43. The van der Waals surface area contributed by atoms with E-state index in [1.54, 1.807) is 37.6 Å². The molecule has 0 spiro atoms. The summed E-state index contributed by atoms with van der Waals surface area (Å²) in [5.74, 6) is -0.808. The summed E-state index contributed by atoms with van der Waals surface area (Å²) in [4.78, 5) is 15.4. The van der Waals surface area contributed by atoms with Crippen molar-refractivity contribution in [2.24, 2.45) is 12.0 Å². The van der Waals surface area contributed by atoms with Crippen molar-refractivity contribution < 1.29 is 18.3 Å². The largest absolute Gasteiger partial charge is 0.477 e. The molecule has 6 nitrogen and oxygen atoms in total. The number of carbonyl (C=O) groups is 1. The normalized spacial score (nSPS) is 13.1. The minimum atomic E-state index is -1.03. The van der Waals surface area contributed by atoms with Gasteiger partial charge in [0.1, 0.15) is 5.82 Å². The molecular formula is C20H16F2N4O2. The standard InChI is InChI=1S/C20H16F2N4O2/c1-20(2,28-16-7-5-13(21)9-15(16)22)19-25-24-17(26(19)3)11-4-6-14-12(8-11)10-23-18(14)27/h4-10H,1-3H3. The topological polar surface area (TPSA) is 69.4 Å². The van der Waals surface area contributed by atoms with Crippen molar-refractivity contribution in [2.75, 3.05) is 0 Å². The molecule has 1 aromatic heterocycles. The zero-order chi connectivity index (χ0) is 20.1. The molecule has 2 aromatic carbocycles. The fourth-order valence-corrected chi connectivity index (χ4v) is 3.18. The van der Waals surface area contributed by atoms with Gasteiger partial charge in [-0.2, -0.15) is 0 Å². The molecule has 0 aliphatic carbocycles. The summed E-state index contributed by atoms with van der Waals surface area (Å²) in [6.45, 7) is 3.44. The van der Waals surface area contributed by atoms with E-state index < -0.39 is 17.2 Å². The van der Waals surface area contributed by atoms with Gasteiger partial charge in [0.2, 0.25) is 0 Å². The molecule has 0 radical (unpaired) electrons. The zero-order valence-corrected chi connectivity index (χ0v) is 15.4. The van der Waals surface area contributed by atoms with Crippen LogP contribution in [0.25, 0.3) is 11.4 Å². The Morgan fingerprint density at radius 1 is 1.07 bits per heavy atom. The molecule has 0 saturated heterocycles. The third-order valence-electron chi connectivity index (χ3n) is 4.53. The van der Waals surface area contributed by atoms with Gasteiger partial charge in [-0.3, -0.25) is 4.79 Å². The number of hydrogen-bond acceptors (Lipinski definition) is 4. The lowest BCUT2D eigenvalue weighted by Crippen LogP contribution is -2.29. The highest BCUT2D eigenvalue weighted by atomic mass is 19.1. The predicted octanol–water partition coefficient (Wildman–Crippen LogP) is 3.65. The van der Waals surface area contributed by atoms with Crippen LogP contribution in [0.15, 0.2) is 41.4 Å². The van der Waals surface area contributed by atoms with Gasteiger partial charge in [-0.1, -0.05) is 6.07 Å². The van der Waals surface area contributed by atoms with Gasteiger partial charge in [0, 0.05) is 30.5 Å². The van der Waals surface area contributed by atoms with Gasteiger partial charge in [0.05, 0.1) is 5.56 Å². The molecule has 0 saturated carbocycles. The molecule has 1 aliphatic rings. The van der Waals surface area contributed by atoms with Crippen molar-refractivity contribution in [3.05, 3.63) is 65.0 Å². The van der Waals surface area contributed by atoms with E-state index in [9.17, 15) is 13.6 Å². The second-order valence-corrected chi connectivity index (χ2v) is 6.96. The number of halogens is 2. The monoisotopic (exact) mass is 382 g/mol. The maximum Gasteiger partial charge on any atom is 0.277 e. The molecule has 2 heterocycles. The van der Waals surface area contributed by atoms with E-state index in [1.807, 2.05) is 6.07 Å². The van der Waals surface area contributed by atoms with Crippen LogP contribution < -0.4 is 4.74 Å². The Hall–Kier alpha value is -3.42. The van der Waals surface area contributed by atoms with Crippen molar-refractivity contribution >= 4 is 12.1 Å². The maximum atomic E-state index is 14.0. The minimum absolute atomic E-state index is 0.0804. The summed E-state index contributed by atoms with van der Waals surface area (Å²) < 4.78 is 34.6. The summed E-state index contributed by atoms with van der Waals surface area (Å²) in [6.07, 6.45) is 1.52. The number of benzene rings is 2. The van der Waals surface area contributed by atoms with Crippen molar-refractivity contribution in [3.8, 4) is 17.1 Å². The van der Waals surface area contributed by atoms with Crippen LogP contribution >= 0.6 is 0 Å². The quantitative estimate of drug-likeness (QED) is 0.691. The van der Waals surface area contributed by atoms with E-state index >= 15 is 0 Å². The van der Waals surface area contributed by atoms with Gasteiger partial charge in [-0.25, -0.2) is 13.8 Å². The van der Waals surface area contributed by atoms with Gasteiger partial charge in [-0.05, 0) is 38.1 Å². The first-order valence-corrected chi connectivity index (χ1v) is 8.53. The van der Waals surface area contributed by atoms with Crippen LogP contribution in [0, 0.1) is 11.6 Å². The summed E-state index contributed by atoms with van der Waals surface area (Å²) >= 11 is 0. The van der Waals surface area contributed by atoms with E-state index in [2.05, 4.69) is 15.2 Å². The van der Waals surface area contributed by atoms with E-state index in [0.29, 0.717) is 17.2 Å². The molecule has 0 fully saturated rings. The number of carbonyl (C=O) groups excluding carboxylic acids is 1. The first-order chi connectivity index (χ1) is 13.3. The highest BCUT2D eigenvalue weighted by Gasteiger charge is 2.31. The van der Waals surface area contributed by atoms with Crippen LogP contribution in [0.4, 0.5) is 8.78 Å². The van der Waals surface area contributed by atoms with E-state index in [4.69, 9.17) is 4.74 Å². The second kappa shape index (κ2) is 6.33. The van der Waals surface area contributed by atoms with Gasteiger partial charge in [-0.15, -0.1) is 10.2 Å². The fourth-order valence-electron chi connectivity index (χ4n) is 3.18. The highest BCUT2D eigenvalue weighted by Crippen LogP contribution is 2.31. The van der Waals surface area contributed by atoms with Crippen LogP contribution in [0.2, 0.25) is 0 Å². The maximum absolute atomic E-state index is 14.0. The van der Waals surface area contributed by atoms with Crippen molar-refractivity contribution in [3.63, 3.8) is 0 Å². The molecule has 0 bridgehead atoms. The van der Waals surface area contributed by atoms with Crippen LogP contribution in [0.5, 0.6) is 5.75 Å². The van der Waals surface area contributed by atoms with Crippen LogP contribution in [-0.4, -0.2) is 26.9 Å². The molecule has 4 rings (SSSR count). The Labute approximate surface area is 159 Å². The van der Waals surface area contributed by atoms with Crippen molar-refractivity contribution in [1.29, 1.82) is 0 Å². The van der Waals surface area contributed by atoms with Gasteiger partial charge in [0.25, 0.3) is 5.91 Å². The fraction of sp³-hybridized carbons (Fsp3) is 0.200. The number of fused-ring (bicyclic) bond motifs is 1. The molecule has 1 amide bonds. The Morgan fingerprint density at radius 3 is 2.61 bits per heavy atom. The average molecular weight is 382 g/mol. The molecular weight excluding hydrogens is 366 g/mol. The third kappa shape index (κ3) is 2.96. The minimum Gasteiger partial charge on any atom is -0.477 e. The lowest BCUT2D eigenvalue weighted by molar-refractivity contribution is 0.0892. The van der Waals surface area contributed by atoms with Crippen LogP contribution in [0.1, 0.15) is 35.6 Å². The molecule has 3 aromatic rings. The van der Waals surface area contributed by atoms with E-state index in [0.717, 1.165) is 23.3 Å². The lowest BCUT2D eigenvalue weighted by Gasteiger charge is -2.25. The van der Waals surface area contributed by atoms with Gasteiger partial charge < -0.3 is 9.30 Å². The molecule has 0 unspecified atom stereocenters. The predicted molar refractivity (Wildman–Crippen MR) is 98.4 cm³/mol. The number of amides is 1. The number of ether oxygens (including phenoxy) is 1. The molecule has 0 atom stereocenters.